The van der Waals surface area contributed by atoms with Gasteiger partial charge in [0, 0.05) is 32.2 Å². The number of nitrogens with one attached hydrogen (secondary N) is 1. The molecule has 2 fully saturated rings. The number of amides is 1. The van der Waals surface area contributed by atoms with Gasteiger partial charge in [-0.1, -0.05) is 31.4 Å². The largest absolute Gasteiger partial charge is 0.352 e. The molecule has 0 bridgehead atoms. The number of hydrogen-bond donors (Lipinski definition) is 1. The number of rotatable bonds is 8. The predicted octanol–water partition coefficient (Wildman–Crippen LogP) is 3.90. The molecule has 1 amide bonds. The summed E-state index contributed by atoms with van der Waals surface area (Å²) < 4.78 is 27.3. The van der Waals surface area contributed by atoms with Crippen molar-refractivity contribution in [2.75, 3.05) is 32.7 Å². The minimum absolute atomic E-state index is 0.137. The van der Waals surface area contributed by atoms with Crippen LogP contribution in [0.25, 0.3) is 0 Å². The van der Waals surface area contributed by atoms with E-state index in [-0.39, 0.29) is 21.4 Å². The van der Waals surface area contributed by atoms with Gasteiger partial charge in [-0.25, -0.2) is 8.42 Å². The second-order valence-electron chi connectivity index (χ2n) is 8.31. The Morgan fingerprint density at radius 2 is 1.87 bits per heavy atom. The summed E-state index contributed by atoms with van der Waals surface area (Å²) in [6.07, 6.45) is 8.64. The Balaban J connectivity index is 1.58. The first-order valence-corrected chi connectivity index (χ1v) is 13.1. The third-order valence-electron chi connectivity index (χ3n) is 6.26. The molecule has 2 heterocycles. The molecule has 3 rings (SSSR count). The van der Waals surface area contributed by atoms with Crippen LogP contribution in [-0.4, -0.2) is 62.3 Å². The van der Waals surface area contributed by atoms with Crippen molar-refractivity contribution >= 4 is 27.5 Å². The first-order valence-electron chi connectivity index (χ1n) is 11.3. The lowest BCUT2D eigenvalue weighted by molar-refractivity contribution is 0.0947. The molecule has 2 aliphatic heterocycles. The smallest absolute Gasteiger partial charge is 0.252 e. The number of piperidine rings is 2. The molecule has 8 heteroatoms. The maximum absolute atomic E-state index is 12.9. The van der Waals surface area contributed by atoms with E-state index < -0.39 is 10.0 Å². The van der Waals surface area contributed by atoms with Crippen LogP contribution in [0.4, 0.5) is 0 Å². The molecule has 0 aliphatic carbocycles. The number of carbonyl (C=O) groups is 1. The summed E-state index contributed by atoms with van der Waals surface area (Å²) in [7, 11) is -3.60. The van der Waals surface area contributed by atoms with Gasteiger partial charge >= 0.3 is 0 Å². The van der Waals surface area contributed by atoms with Crippen molar-refractivity contribution in [1.29, 1.82) is 0 Å². The van der Waals surface area contributed by atoms with E-state index in [0.717, 1.165) is 38.8 Å². The lowest BCUT2D eigenvalue weighted by atomic mass is 10.00. The van der Waals surface area contributed by atoms with Gasteiger partial charge in [0.05, 0.1) is 15.5 Å². The number of sulfonamides is 1. The summed E-state index contributed by atoms with van der Waals surface area (Å²) in [6, 6.07) is 5.07. The number of benzene rings is 1. The van der Waals surface area contributed by atoms with Gasteiger partial charge < -0.3 is 10.2 Å². The highest BCUT2D eigenvalue weighted by atomic mass is 35.5. The summed E-state index contributed by atoms with van der Waals surface area (Å²) >= 11 is 6.22. The molecule has 168 valence electrons. The summed E-state index contributed by atoms with van der Waals surface area (Å²) in [5.74, 6) is -0.318. The number of nitrogens with zero attached hydrogens (tertiary/aromatic N) is 2. The highest BCUT2D eigenvalue weighted by Gasteiger charge is 2.27. The van der Waals surface area contributed by atoms with Crippen molar-refractivity contribution in [3.05, 3.63) is 28.8 Å². The first-order chi connectivity index (χ1) is 14.4. The Kier molecular flexibility index (Phi) is 8.57. The van der Waals surface area contributed by atoms with Crippen molar-refractivity contribution in [2.45, 2.75) is 69.2 Å². The molecule has 0 radical (unpaired) electrons. The van der Waals surface area contributed by atoms with E-state index in [1.165, 1.54) is 48.2 Å². The highest BCUT2D eigenvalue weighted by molar-refractivity contribution is 7.89. The van der Waals surface area contributed by atoms with Crippen LogP contribution in [0.2, 0.25) is 5.02 Å². The first kappa shape index (κ1) is 23.5. The molecule has 1 aromatic carbocycles. The minimum Gasteiger partial charge on any atom is -0.352 e. The van der Waals surface area contributed by atoms with E-state index in [1.807, 2.05) is 0 Å². The zero-order valence-electron chi connectivity index (χ0n) is 17.9. The molecular formula is C22H34ClN3O3S. The molecule has 30 heavy (non-hydrogen) atoms. The van der Waals surface area contributed by atoms with Crippen LogP contribution in [0.3, 0.4) is 0 Å². The van der Waals surface area contributed by atoms with Gasteiger partial charge in [-0.15, -0.1) is 0 Å². The maximum atomic E-state index is 12.9. The number of halogens is 1. The number of carbonyl (C=O) groups excluding carboxylic acids is 1. The highest BCUT2D eigenvalue weighted by Crippen LogP contribution is 2.25. The second kappa shape index (κ2) is 10.9. The van der Waals surface area contributed by atoms with Crippen LogP contribution in [0.15, 0.2) is 23.1 Å². The summed E-state index contributed by atoms with van der Waals surface area (Å²) in [6.45, 7) is 5.94. The quantitative estimate of drug-likeness (QED) is 0.603. The second-order valence-corrected chi connectivity index (χ2v) is 10.7. The Morgan fingerprint density at radius 3 is 2.60 bits per heavy atom. The van der Waals surface area contributed by atoms with Gasteiger partial charge in [0.25, 0.3) is 5.91 Å². The van der Waals surface area contributed by atoms with Crippen LogP contribution >= 0.6 is 11.6 Å². The zero-order chi connectivity index (χ0) is 21.6. The monoisotopic (exact) mass is 455 g/mol. The van der Waals surface area contributed by atoms with Gasteiger partial charge in [-0.05, 0) is 63.3 Å². The van der Waals surface area contributed by atoms with E-state index in [0.29, 0.717) is 25.7 Å². The lowest BCUT2D eigenvalue weighted by Crippen LogP contribution is -2.40. The van der Waals surface area contributed by atoms with Crippen LogP contribution < -0.4 is 5.32 Å². The number of likely N-dealkylation sites (tertiary alicyclic amines) is 1. The Hall–Kier alpha value is -1.15. The van der Waals surface area contributed by atoms with Gasteiger partial charge in [0.2, 0.25) is 10.0 Å². The Labute approximate surface area is 186 Å². The molecule has 0 aromatic heterocycles. The molecule has 1 unspecified atom stereocenters. The fourth-order valence-electron chi connectivity index (χ4n) is 4.49. The Bertz CT molecular complexity index is 825. The molecule has 0 saturated carbocycles. The van der Waals surface area contributed by atoms with Gasteiger partial charge in [-0.3, -0.25) is 4.79 Å². The molecule has 6 nitrogen and oxygen atoms in total. The van der Waals surface area contributed by atoms with Crippen molar-refractivity contribution in [3.63, 3.8) is 0 Å². The van der Waals surface area contributed by atoms with E-state index in [1.54, 1.807) is 0 Å². The van der Waals surface area contributed by atoms with Crippen molar-refractivity contribution in [1.82, 2.24) is 14.5 Å². The van der Waals surface area contributed by atoms with E-state index in [4.69, 9.17) is 11.6 Å². The van der Waals surface area contributed by atoms with Crippen LogP contribution in [-0.2, 0) is 10.0 Å². The van der Waals surface area contributed by atoms with E-state index in [2.05, 4.69) is 17.1 Å². The summed E-state index contributed by atoms with van der Waals surface area (Å²) in [4.78, 5) is 15.3. The topological polar surface area (TPSA) is 69.7 Å². The molecule has 1 atom stereocenters. The Morgan fingerprint density at radius 1 is 1.13 bits per heavy atom. The SMILES string of the molecule is CCC1CCCCN1CCCNC(=O)c1cc(S(=O)(=O)N2CCCCC2)ccc1Cl. The fraction of sp³-hybridized carbons (Fsp3) is 0.682. The zero-order valence-corrected chi connectivity index (χ0v) is 19.5. The molecule has 2 aliphatic rings. The summed E-state index contributed by atoms with van der Waals surface area (Å²) in [5, 5.41) is 3.18. The van der Waals surface area contributed by atoms with Crippen LogP contribution in [0.5, 0.6) is 0 Å². The third-order valence-corrected chi connectivity index (χ3v) is 8.49. The molecule has 0 spiro atoms. The molecule has 1 aromatic rings. The molecule has 2 saturated heterocycles. The third kappa shape index (κ3) is 5.75. The molecular weight excluding hydrogens is 422 g/mol. The van der Waals surface area contributed by atoms with Crippen molar-refractivity contribution in [2.24, 2.45) is 0 Å². The normalized spacial score (nSPS) is 21.5. The van der Waals surface area contributed by atoms with E-state index >= 15 is 0 Å². The maximum Gasteiger partial charge on any atom is 0.252 e. The van der Waals surface area contributed by atoms with E-state index in [9.17, 15) is 13.2 Å². The average Bonchev–Trinajstić information content (AvgIpc) is 2.77. The summed E-state index contributed by atoms with van der Waals surface area (Å²) in [5.41, 5.74) is 0.221. The number of hydrogen-bond acceptors (Lipinski definition) is 4. The van der Waals surface area contributed by atoms with Crippen LogP contribution in [0, 0.1) is 0 Å². The van der Waals surface area contributed by atoms with Crippen molar-refractivity contribution in [3.8, 4) is 0 Å². The van der Waals surface area contributed by atoms with Gasteiger partial charge in [-0.2, -0.15) is 4.31 Å². The minimum atomic E-state index is -3.60. The fourth-order valence-corrected chi connectivity index (χ4v) is 6.24. The van der Waals surface area contributed by atoms with Gasteiger partial charge in [0.1, 0.15) is 0 Å². The lowest BCUT2D eigenvalue weighted by Gasteiger charge is -2.35. The predicted molar refractivity (Wildman–Crippen MR) is 121 cm³/mol. The molecule has 1 N–H and O–H groups in total. The van der Waals surface area contributed by atoms with Crippen molar-refractivity contribution < 1.29 is 13.2 Å². The standard InChI is InChI=1S/C22H34ClN3O3S/c1-2-18-9-4-7-13-25(18)14-8-12-24-22(27)20-17-19(10-11-21(20)23)30(28,29)26-15-5-3-6-16-26/h10-11,17-18H,2-9,12-16H2,1H3,(H,24,27). The average molecular weight is 456 g/mol. The van der Waals surface area contributed by atoms with Gasteiger partial charge in [0.15, 0.2) is 0 Å². The van der Waals surface area contributed by atoms with Crippen LogP contribution in [0.1, 0.15) is 68.6 Å².